The van der Waals surface area contributed by atoms with Gasteiger partial charge in [0.25, 0.3) is 12.3 Å². The van der Waals surface area contributed by atoms with E-state index < -0.39 is 12.3 Å². The Bertz CT molecular complexity index is 592. The first-order chi connectivity index (χ1) is 10.1. The van der Waals surface area contributed by atoms with Gasteiger partial charge in [-0.2, -0.15) is 5.10 Å². The van der Waals surface area contributed by atoms with E-state index in [4.69, 9.17) is 0 Å². The summed E-state index contributed by atoms with van der Waals surface area (Å²) in [6.07, 6.45) is -2.49. The number of nitrogens with zero attached hydrogens (tertiary/aromatic N) is 3. The molecule has 6 nitrogen and oxygen atoms in total. The fourth-order valence-corrected chi connectivity index (χ4v) is 2.51. The van der Waals surface area contributed by atoms with E-state index in [0.717, 1.165) is 10.7 Å². The number of amides is 2. The first-order valence-corrected chi connectivity index (χ1v) is 7.03. The molecule has 1 atom stereocenters. The molecule has 0 aromatic carbocycles. The van der Waals surface area contributed by atoms with Gasteiger partial charge < -0.3 is 10.2 Å². The molecular weight excluding hydrogens is 294 g/mol. The smallest absolute Gasteiger partial charge is 0.280 e. The summed E-state index contributed by atoms with van der Waals surface area (Å²) in [6.45, 7) is 6.16. The lowest BCUT2D eigenvalue weighted by Crippen LogP contribution is -2.44. The summed E-state index contributed by atoms with van der Waals surface area (Å²) in [4.78, 5) is 25.7. The lowest BCUT2D eigenvalue weighted by atomic mass is 10.1. The highest BCUT2D eigenvalue weighted by Gasteiger charge is 2.37. The minimum absolute atomic E-state index is 0.0351. The van der Waals surface area contributed by atoms with Crippen molar-refractivity contribution in [3.8, 4) is 0 Å². The molecule has 1 N–H and O–H groups in total. The van der Waals surface area contributed by atoms with Gasteiger partial charge in [-0.3, -0.25) is 14.3 Å². The van der Waals surface area contributed by atoms with Crippen molar-refractivity contribution in [1.82, 2.24) is 20.0 Å². The number of hydrogen-bond donors (Lipinski definition) is 1. The second-order valence-corrected chi connectivity index (χ2v) is 6.43. The second-order valence-electron chi connectivity index (χ2n) is 6.43. The highest BCUT2D eigenvalue weighted by molar-refractivity contribution is 5.93. The molecule has 0 spiro atoms. The Morgan fingerprint density at radius 2 is 2.09 bits per heavy atom. The molecule has 1 fully saturated rings. The Morgan fingerprint density at radius 1 is 1.45 bits per heavy atom. The summed E-state index contributed by atoms with van der Waals surface area (Å²) < 4.78 is 26.4. The van der Waals surface area contributed by atoms with Gasteiger partial charge in [-0.1, -0.05) is 0 Å². The lowest BCUT2D eigenvalue weighted by Gasteiger charge is -2.32. The quantitative estimate of drug-likeness (QED) is 0.919. The number of alkyl halides is 2. The molecule has 8 heteroatoms. The third-order valence-electron chi connectivity index (χ3n) is 3.64. The van der Waals surface area contributed by atoms with E-state index in [9.17, 15) is 18.4 Å². The van der Waals surface area contributed by atoms with Crippen molar-refractivity contribution < 1.29 is 18.4 Å². The van der Waals surface area contributed by atoms with Crippen LogP contribution in [0, 0.1) is 0 Å². The fourth-order valence-electron chi connectivity index (χ4n) is 2.51. The Morgan fingerprint density at radius 3 is 2.55 bits per heavy atom. The van der Waals surface area contributed by atoms with Crippen molar-refractivity contribution in [2.24, 2.45) is 7.05 Å². The first kappa shape index (κ1) is 16.4. The van der Waals surface area contributed by atoms with Crippen LogP contribution in [0.15, 0.2) is 6.07 Å². The summed E-state index contributed by atoms with van der Waals surface area (Å²) >= 11 is 0. The Labute approximate surface area is 127 Å². The van der Waals surface area contributed by atoms with Gasteiger partial charge >= 0.3 is 0 Å². The molecule has 0 radical (unpaired) electrons. The van der Waals surface area contributed by atoms with Crippen LogP contribution < -0.4 is 5.32 Å². The molecule has 1 saturated heterocycles. The molecule has 122 valence electrons. The van der Waals surface area contributed by atoms with Gasteiger partial charge in [-0.25, -0.2) is 8.78 Å². The Hall–Kier alpha value is -1.99. The predicted octanol–water partition coefficient (Wildman–Crippen LogP) is 1.49. The summed E-state index contributed by atoms with van der Waals surface area (Å²) in [5.41, 5.74) is -0.701. The predicted molar refractivity (Wildman–Crippen MR) is 75.5 cm³/mol. The molecule has 0 saturated carbocycles. The molecule has 1 aromatic rings. The van der Waals surface area contributed by atoms with Crippen molar-refractivity contribution in [3.05, 3.63) is 17.5 Å². The molecule has 0 aliphatic carbocycles. The van der Waals surface area contributed by atoms with Crippen LogP contribution in [0.25, 0.3) is 0 Å². The van der Waals surface area contributed by atoms with Crippen LogP contribution >= 0.6 is 0 Å². The standard InChI is InChI=1S/C14H20F2N4O2/c1-14(2,3)20-7-8(5-11(20)21)17-13(22)9-6-10(12(15)16)19(4)18-9/h6,8,12H,5,7H2,1-4H3,(H,17,22). The van der Waals surface area contributed by atoms with Gasteiger partial charge in [0.1, 0.15) is 5.69 Å². The zero-order valence-electron chi connectivity index (χ0n) is 13.1. The maximum atomic E-state index is 12.7. The van der Waals surface area contributed by atoms with Crippen LogP contribution in [0.5, 0.6) is 0 Å². The SMILES string of the molecule is Cn1nc(C(=O)NC2CC(=O)N(C(C)(C)C)C2)cc1C(F)F. The van der Waals surface area contributed by atoms with Crippen LogP contribution in [0.1, 0.15) is 49.8 Å². The largest absolute Gasteiger partial charge is 0.346 e. The van der Waals surface area contributed by atoms with Crippen LogP contribution in [-0.4, -0.2) is 44.6 Å². The molecule has 1 aliphatic rings. The molecular formula is C14H20F2N4O2. The fraction of sp³-hybridized carbons (Fsp3) is 0.643. The van der Waals surface area contributed by atoms with Gasteiger partial charge in [0, 0.05) is 25.6 Å². The number of rotatable bonds is 3. The molecule has 1 aromatic heterocycles. The van der Waals surface area contributed by atoms with Crippen molar-refractivity contribution in [2.75, 3.05) is 6.54 Å². The third kappa shape index (κ3) is 3.26. The summed E-state index contributed by atoms with van der Waals surface area (Å²) in [6, 6.07) is 0.731. The monoisotopic (exact) mass is 314 g/mol. The zero-order valence-corrected chi connectivity index (χ0v) is 13.1. The molecule has 2 heterocycles. The normalized spacial score (nSPS) is 19.1. The molecule has 2 amide bonds. The van der Waals surface area contributed by atoms with Crippen molar-refractivity contribution >= 4 is 11.8 Å². The van der Waals surface area contributed by atoms with E-state index >= 15 is 0 Å². The number of nitrogens with one attached hydrogen (secondary N) is 1. The average molecular weight is 314 g/mol. The lowest BCUT2D eigenvalue weighted by molar-refractivity contribution is -0.131. The molecule has 2 rings (SSSR count). The van der Waals surface area contributed by atoms with Crippen molar-refractivity contribution in [3.63, 3.8) is 0 Å². The van der Waals surface area contributed by atoms with Crippen LogP contribution in [-0.2, 0) is 11.8 Å². The van der Waals surface area contributed by atoms with Crippen molar-refractivity contribution in [2.45, 2.75) is 45.2 Å². The number of carbonyl (C=O) groups is 2. The van der Waals surface area contributed by atoms with E-state index in [1.54, 1.807) is 4.90 Å². The van der Waals surface area contributed by atoms with E-state index in [0.29, 0.717) is 6.54 Å². The van der Waals surface area contributed by atoms with E-state index in [-0.39, 0.29) is 35.3 Å². The average Bonchev–Trinajstić information content (AvgIpc) is 2.92. The Balaban J connectivity index is 2.04. The zero-order chi connectivity index (χ0) is 16.7. The number of hydrogen-bond acceptors (Lipinski definition) is 3. The third-order valence-corrected chi connectivity index (χ3v) is 3.64. The Kier molecular flexibility index (Phi) is 4.21. The van der Waals surface area contributed by atoms with Crippen LogP contribution in [0.2, 0.25) is 0 Å². The van der Waals surface area contributed by atoms with Crippen LogP contribution in [0.3, 0.4) is 0 Å². The van der Waals surface area contributed by atoms with Gasteiger partial charge in [0.05, 0.1) is 6.04 Å². The van der Waals surface area contributed by atoms with E-state index in [1.807, 2.05) is 20.8 Å². The summed E-state index contributed by atoms with van der Waals surface area (Å²) in [5, 5.41) is 6.47. The van der Waals surface area contributed by atoms with Crippen molar-refractivity contribution in [1.29, 1.82) is 0 Å². The second kappa shape index (κ2) is 5.66. The highest BCUT2D eigenvalue weighted by atomic mass is 19.3. The summed E-state index contributed by atoms with van der Waals surface area (Å²) in [5.74, 6) is -0.580. The van der Waals surface area contributed by atoms with E-state index in [2.05, 4.69) is 10.4 Å². The maximum Gasteiger partial charge on any atom is 0.280 e. The topological polar surface area (TPSA) is 67.2 Å². The number of carbonyl (C=O) groups excluding carboxylic acids is 2. The molecule has 0 bridgehead atoms. The molecule has 1 unspecified atom stereocenters. The van der Waals surface area contributed by atoms with E-state index in [1.165, 1.54) is 7.05 Å². The molecule has 1 aliphatic heterocycles. The number of halogens is 2. The summed E-state index contributed by atoms with van der Waals surface area (Å²) in [7, 11) is 1.36. The first-order valence-electron chi connectivity index (χ1n) is 7.03. The van der Waals surface area contributed by atoms with Gasteiger partial charge in [0.15, 0.2) is 5.69 Å². The van der Waals surface area contributed by atoms with Gasteiger partial charge in [0.2, 0.25) is 5.91 Å². The minimum Gasteiger partial charge on any atom is -0.346 e. The maximum absolute atomic E-state index is 12.7. The van der Waals surface area contributed by atoms with Crippen LogP contribution in [0.4, 0.5) is 8.78 Å². The number of likely N-dealkylation sites (tertiary alicyclic amines) is 1. The van der Waals surface area contributed by atoms with Gasteiger partial charge in [-0.05, 0) is 26.8 Å². The number of aromatic nitrogens is 2. The highest BCUT2D eigenvalue weighted by Crippen LogP contribution is 2.22. The molecule has 22 heavy (non-hydrogen) atoms. The minimum atomic E-state index is -2.69. The van der Waals surface area contributed by atoms with Gasteiger partial charge in [-0.15, -0.1) is 0 Å². The number of aryl methyl sites for hydroxylation is 1.